The lowest BCUT2D eigenvalue weighted by molar-refractivity contribution is -0.0360. The fourth-order valence-corrected chi connectivity index (χ4v) is 5.40. The molecule has 4 rings (SSSR count). The van der Waals surface area contributed by atoms with E-state index in [0.29, 0.717) is 56.9 Å². The second-order valence-electron chi connectivity index (χ2n) is 12.2. The maximum atomic E-state index is 12.9. The van der Waals surface area contributed by atoms with E-state index in [1.165, 1.54) is 0 Å². The lowest BCUT2D eigenvalue weighted by Gasteiger charge is -2.39. The minimum absolute atomic E-state index is 0.0832. The lowest BCUT2D eigenvalue weighted by Crippen LogP contribution is -2.48. The van der Waals surface area contributed by atoms with Crippen molar-refractivity contribution >= 4 is 17.7 Å². The molecule has 3 aromatic rings. The third-order valence-corrected chi connectivity index (χ3v) is 7.80. The van der Waals surface area contributed by atoms with E-state index < -0.39 is 5.60 Å². The number of halogens is 1. The molecule has 9 heteroatoms. The number of piperidine rings is 1. The van der Waals surface area contributed by atoms with Gasteiger partial charge in [-0.3, -0.25) is 0 Å². The SMILES string of the molecule is C=CCOc1cc(COC2CN(C(=O)OC(C)(C)C)CCC2c2ccc(OCCCOCc3ccccc3OC)cc2)ccc1Cl. The number of benzene rings is 3. The van der Waals surface area contributed by atoms with Gasteiger partial charge in [-0.25, -0.2) is 4.79 Å². The molecule has 0 aliphatic carbocycles. The van der Waals surface area contributed by atoms with E-state index >= 15 is 0 Å². The number of nitrogens with zero attached hydrogens (tertiary/aromatic N) is 1. The summed E-state index contributed by atoms with van der Waals surface area (Å²) < 4.78 is 35.0. The Hall–Kier alpha value is -3.72. The summed E-state index contributed by atoms with van der Waals surface area (Å²) in [6, 6.07) is 21.6. The zero-order chi connectivity index (χ0) is 32.9. The second-order valence-corrected chi connectivity index (χ2v) is 12.6. The Bertz CT molecular complexity index is 1410. The molecule has 3 aromatic carbocycles. The summed E-state index contributed by atoms with van der Waals surface area (Å²) in [5.41, 5.74) is 2.50. The monoisotopic (exact) mass is 651 g/mol. The third kappa shape index (κ3) is 10.7. The van der Waals surface area contributed by atoms with Gasteiger partial charge in [0.1, 0.15) is 29.5 Å². The van der Waals surface area contributed by atoms with E-state index in [2.05, 4.69) is 18.7 Å². The van der Waals surface area contributed by atoms with E-state index in [-0.39, 0.29) is 18.1 Å². The zero-order valence-corrected chi connectivity index (χ0v) is 28.1. The van der Waals surface area contributed by atoms with Gasteiger partial charge in [-0.15, -0.1) is 0 Å². The highest BCUT2D eigenvalue weighted by atomic mass is 35.5. The van der Waals surface area contributed by atoms with Crippen LogP contribution in [0.15, 0.2) is 79.4 Å². The highest BCUT2D eigenvalue weighted by Crippen LogP contribution is 2.34. The molecule has 8 nitrogen and oxygen atoms in total. The number of ether oxygens (including phenoxy) is 6. The molecule has 2 atom stereocenters. The van der Waals surface area contributed by atoms with Crippen molar-refractivity contribution in [1.29, 1.82) is 0 Å². The first-order valence-corrected chi connectivity index (χ1v) is 16.1. The number of hydrogen-bond donors (Lipinski definition) is 0. The molecule has 1 aliphatic rings. The summed E-state index contributed by atoms with van der Waals surface area (Å²) in [6.45, 7) is 12.6. The van der Waals surface area contributed by atoms with Gasteiger partial charge in [0.15, 0.2) is 0 Å². The van der Waals surface area contributed by atoms with E-state index in [1.807, 2.05) is 69.3 Å². The van der Waals surface area contributed by atoms with Crippen LogP contribution in [-0.4, -0.2) is 62.7 Å². The van der Waals surface area contributed by atoms with Crippen molar-refractivity contribution in [3.8, 4) is 17.2 Å². The summed E-state index contributed by atoms with van der Waals surface area (Å²) >= 11 is 6.31. The molecule has 0 aromatic heterocycles. The standard InChI is InChI=1S/C37H46ClNO7/c1-6-20-44-34-23-27(12-17-32(34)38)25-45-35-24-39(36(40)46-37(2,3)4)19-18-31(35)28-13-15-30(16-14-28)43-22-9-21-42-26-29-10-7-8-11-33(29)41-5/h6-8,10-17,23,31,35H,1,9,18-22,24-26H2,2-5H3. The minimum Gasteiger partial charge on any atom is -0.496 e. The van der Waals surface area contributed by atoms with Gasteiger partial charge in [-0.2, -0.15) is 0 Å². The van der Waals surface area contributed by atoms with Gasteiger partial charge < -0.3 is 33.3 Å². The maximum absolute atomic E-state index is 12.9. The van der Waals surface area contributed by atoms with Crippen LogP contribution >= 0.6 is 11.6 Å². The van der Waals surface area contributed by atoms with Crippen LogP contribution in [0.3, 0.4) is 0 Å². The highest BCUT2D eigenvalue weighted by Gasteiger charge is 2.35. The fourth-order valence-electron chi connectivity index (χ4n) is 5.23. The molecule has 1 aliphatic heterocycles. The fraction of sp³-hybridized carbons (Fsp3) is 0.432. The number of methoxy groups -OCH3 is 1. The molecule has 2 unspecified atom stereocenters. The average Bonchev–Trinajstić information content (AvgIpc) is 3.05. The minimum atomic E-state index is -0.577. The molecular formula is C37H46ClNO7. The molecule has 0 bridgehead atoms. The number of carbonyl (C=O) groups is 1. The van der Waals surface area contributed by atoms with Crippen LogP contribution < -0.4 is 14.2 Å². The Labute approximate surface area is 278 Å². The Morgan fingerprint density at radius 2 is 1.78 bits per heavy atom. The Balaban J connectivity index is 1.34. The van der Waals surface area contributed by atoms with Gasteiger partial charge in [0.05, 0.1) is 51.2 Å². The molecule has 1 amide bonds. The van der Waals surface area contributed by atoms with Crippen molar-refractivity contribution in [3.63, 3.8) is 0 Å². The molecule has 0 N–H and O–H groups in total. The number of para-hydroxylation sites is 1. The van der Waals surface area contributed by atoms with Crippen molar-refractivity contribution in [2.24, 2.45) is 0 Å². The van der Waals surface area contributed by atoms with Gasteiger partial charge >= 0.3 is 6.09 Å². The van der Waals surface area contributed by atoms with Gasteiger partial charge in [-0.1, -0.05) is 60.7 Å². The predicted molar refractivity (Wildman–Crippen MR) is 180 cm³/mol. The lowest BCUT2D eigenvalue weighted by atomic mass is 9.87. The van der Waals surface area contributed by atoms with Crippen molar-refractivity contribution in [2.75, 3.05) is 40.0 Å². The highest BCUT2D eigenvalue weighted by molar-refractivity contribution is 6.32. The summed E-state index contributed by atoms with van der Waals surface area (Å²) in [7, 11) is 1.66. The molecule has 1 saturated heterocycles. The van der Waals surface area contributed by atoms with Crippen LogP contribution in [-0.2, 0) is 27.4 Å². The van der Waals surface area contributed by atoms with Gasteiger partial charge in [-0.05, 0) is 68.7 Å². The quantitative estimate of drug-likeness (QED) is 0.121. The van der Waals surface area contributed by atoms with Gasteiger partial charge in [0.25, 0.3) is 0 Å². The first-order chi connectivity index (χ1) is 22.2. The van der Waals surface area contributed by atoms with Crippen LogP contribution in [0.25, 0.3) is 0 Å². The van der Waals surface area contributed by atoms with Gasteiger partial charge in [0, 0.05) is 24.4 Å². The van der Waals surface area contributed by atoms with Crippen LogP contribution in [0.4, 0.5) is 4.79 Å². The molecule has 0 radical (unpaired) electrons. The van der Waals surface area contributed by atoms with E-state index in [1.54, 1.807) is 24.2 Å². The smallest absolute Gasteiger partial charge is 0.410 e. The average molecular weight is 652 g/mol. The van der Waals surface area contributed by atoms with Crippen molar-refractivity contribution < 1.29 is 33.2 Å². The number of amides is 1. The Morgan fingerprint density at radius 1 is 1.00 bits per heavy atom. The second kappa shape index (κ2) is 17.3. The molecule has 46 heavy (non-hydrogen) atoms. The Morgan fingerprint density at radius 3 is 2.52 bits per heavy atom. The molecular weight excluding hydrogens is 606 g/mol. The maximum Gasteiger partial charge on any atom is 0.410 e. The number of carbonyl (C=O) groups excluding carboxylic acids is 1. The van der Waals surface area contributed by atoms with Crippen molar-refractivity contribution in [3.05, 3.63) is 101 Å². The van der Waals surface area contributed by atoms with Crippen LogP contribution in [0.2, 0.25) is 5.02 Å². The van der Waals surface area contributed by atoms with E-state index in [4.69, 9.17) is 40.0 Å². The number of likely N-dealkylation sites (tertiary alicyclic amines) is 1. The Kier molecular flexibility index (Phi) is 13.2. The normalized spacial score (nSPS) is 16.5. The first kappa shape index (κ1) is 35.1. The molecule has 0 spiro atoms. The van der Waals surface area contributed by atoms with E-state index in [9.17, 15) is 4.79 Å². The van der Waals surface area contributed by atoms with Crippen LogP contribution in [0.5, 0.6) is 17.2 Å². The predicted octanol–water partition coefficient (Wildman–Crippen LogP) is 8.21. The topological polar surface area (TPSA) is 75.7 Å². The zero-order valence-electron chi connectivity index (χ0n) is 27.3. The van der Waals surface area contributed by atoms with Crippen molar-refractivity contribution in [1.82, 2.24) is 4.90 Å². The summed E-state index contributed by atoms with van der Waals surface area (Å²) in [4.78, 5) is 14.7. The van der Waals surface area contributed by atoms with Crippen LogP contribution in [0.1, 0.15) is 56.2 Å². The first-order valence-electron chi connectivity index (χ1n) is 15.7. The molecule has 1 heterocycles. The molecule has 248 valence electrons. The molecule has 0 saturated carbocycles. The largest absolute Gasteiger partial charge is 0.496 e. The summed E-state index contributed by atoms with van der Waals surface area (Å²) in [5.74, 6) is 2.29. The number of rotatable bonds is 15. The summed E-state index contributed by atoms with van der Waals surface area (Å²) in [5, 5.41) is 0.528. The third-order valence-electron chi connectivity index (χ3n) is 7.49. The van der Waals surface area contributed by atoms with Crippen LogP contribution in [0, 0.1) is 0 Å². The summed E-state index contributed by atoms with van der Waals surface area (Å²) in [6.07, 6.45) is 2.60. The van der Waals surface area contributed by atoms with Crippen molar-refractivity contribution in [2.45, 2.75) is 64.4 Å². The number of hydrogen-bond acceptors (Lipinski definition) is 7. The van der Waals surface area contributed by atoms with Gasteiger partial charge in [0.2, 0.25) is 0 Å². The molecule has 1 fully saturated rings. The van der Waals surface area contributed by atoms with E-state index in [0.717, 1.165) is 41.0 Å².